The van der Waals surface area contributed by atoms with Crippen molar-refractivity contribution < 1.29 is 0 Å². The Bertz CT molecular complexity index is 3480. The predicted octanol–water partition coefficient (Wildman–Crippen LogP) is 13.5. The van der Waals surface area contributed by atoms with E-state index in [1.165, 1.54) is 63.9 Å². The molecular weight excluding hydrogens is 689 g/mol. The zero-order valence-corrected chi connectivity index (χ0v) is 30.3. The van der Waals surface area contributed by atoms with Crippen LogP contribution < -0.4 is 0 Å². The number of fused-ring (bicyclic) bond motifs is 11. The molecule has 4 heterocycles. The number of benzene rings is 8. The van der Waals surface area contributed by atoms with Crippen molar-refractivity contribution in [2.45, 2.75) is 0 Å². The summed E-state index contributed by atoms with van der Waals surface area (Å²) in [4.78, 5) is 10.8. The van der Waals surface area contributed by atoms with Gasteiger partial charge in [0.1, 0.15) is 0 Å². The first-order valence-corrected chi connectivity index (χ1v) is 19.4. The molecule has 5 heteroatoms. The van der Waals surface area contributed by atoms with Gasteiger partial charge >= 0.3 is 0 Å². The van der Waals surface area contributed by atoms with Gasteiger partial charge in [-0.2, -0.15) is 0 Å². The summed E-state index contributed by atoms with van der Waals surface area (Å²) < 4.78 is 7.25. The van der Waals surface area contributed by atoms with E-state index in [0.29, 0.717) is 5.95 Å². The van der Waals surface area contributed by atoms with Crippen LogP contribution in [0.2, 0.25) is 0 Å². The smallest absolute Gasteiger partial charge is 0.235 e. The molecule has 0 aliphatic heterocycles. The van der Waals surface area contributed by atoms with E-state index in [0.717, 1.165) is 38.9 Å². The van der Waals surface area contributed by atoms with Crippen LogP contribution >= 0.6 is 11.3 Å². The Morgan fingerprint density at radius 3 is 1.89 bits per heavy atom. The molecule has 0 spiro atoms. The second-order valence-electron chi connectivity index (χ2n) is 14.2. The van der Waals surface area contributed by atoms with Gasteiger partial charge in [0.2, 0.25) is 5.95 Å². The molecule has 256 valence electrons. The molecule has 55 heavy (non-hydrogen) atoms. The molecule has 0 saturated heterocycles. The van der Waals surface area contributed by atoms with Crippen LogP contribution in [0.3, 0.4) is 0 Å². The molecule has 0 radical (unpaired) electrons. The van der Waals surface area contributed by atoms with Gasteiger partial charge in [0.15, 0.2) is 0 Å². The normalized spacial score (nSPS) is 12.0. The molecular formula is C50H30N4S. The van der Waals surface area contributed by atoms with Crippen molar-refractivity contribution in [3.8, 4) is 34.0 Å². The van der Waals surface area contributed by atoms with Gasteiger partial charge in [0, 0.05) is 38.2 Å². The number of hydrogen-bond donors (Lipinski definition) is 0. The molecule has 12 rings (SSSR count). The number of thiophene rings is 1. The fourth-order valence-electron chi connectivity index (χ4n) is 8.61. The Hall–Kier alpha value is -7.08. The fraction of sp³-hybridized carbons (Fsp3) is 0. The van der Waals surface area contributed by atoms with Crippen molar-refractivity contribution in [1.82, 2.24) is 19.1 Å². The molecule has 0 saturated carbocycles. The molecule has 0 aliphatic rings. The van der Waals surface area contributed by atoms with Crippen LogP contribution in [0.15, 0.2) is 182 Å². The standard InChI is InChI=1S/C50H30N4S/c1-3-14-32(15-4-1)45-38-19-9-11-21-42(38)51-50(52-45)54-44-28-25-35(34-24-23-31-13-7-8-16-33(31)29-34)30-41(44)37-26-27-40-47-48(55-49(40)46(37)54)39-20-10-12-22-43(39)53(47)36-17-5-2-6-18-36/h1-30H. The van der Waals surface area contributed by atoms with E-state index in [2.05, 4.69) is 191 Å². The van der Waals surface area contributed by atoms with E-state index in [-0.39, 0.29) is 0 Å². The number of hydrogen-bond acceptors (Lipinski definition) is 3. The summed E-state index contributed by atoms with van der Waals surface area (Å²) in [7, 11) is 0. The maximum absolute atomic E-state index is 5.44. The van der Waals surface area contributed by atoms with Gasteiger partial charge in [-0.1, -0.05) is 140 Å². The van der Waals surface area contributed by atoms with E-state index in [9.17, 15) is 0 Å². The molecule has 0 atom stereocenters. The minimum Gasteiger partial charge on any atom is -0.308 e. The lowest BCUT2D eigenvalue weighted by Crippen LogP contribution is -2.03. The molecule has 0 amide bonds. The number of rotatable bonds is 4. The molecule has 0 unspecified atom stereocenters. The van der Waals surface area contributed by atoms with Crippen LogP contribution in [0.25, 0.3) is 109 Å². The summed E-state index contributed by atoms with van der Waals surface area (Å²) in [6, 6.07) is 65.2. The first-order valence-electron chi connectivity index (χ1n) is 18.6. The Labute approximate surface area is 319 Å². The third-order valence-corrected chi connectivity index (χ3v) is 12.3. The summed E-state index contributed by atoms with van der Waals surface area (Å²) >= 11 is 1.87. The topological polar surface area (TPSA) is 35.6 Å². The second kappa shape index (κ2) is 11.7. The van der Waals surface area contributed by atoms with Crippen LogP contribution in [-0.2, 0) is 0 Å². The minimum absolute atomic E-state index is 0.664. The minimum atomic E-state index is 0.664. The van der Waals surface area contributed by atoms with Crippen molar-refractivity contribution in [3.63, 3.8) is 0 Å². The van der Waals surface area contributed by atoms with Crippen molar-refractivity contribution in [2.24, 2.45) is 0 Å². The SMILES string of the molecule is c1ccc(-c2nc(-n3c4ccc(-c5ccc6ccccc6c5)cc4c4ccc5c(sc6c7ccccc7n(-c7ccccc7)c56)c43)nc3ccccc23)cc1. The Balaban J connectivity index is 1.22. The highest BCUT2D eigenvalue weighted by molar-refractivity contribution is 7.27. The van der Waals surface area contributed by atoms with E-state index in [4.69, 9.17) is 9.97 Å². The average molecular weight is 719 g/mol. The highest BCUT2D eigenvalue weighted by Gasteiger charge is 2.24. The van der Waals surface area contributed by atoms with Crippen molar-refractivity contribution in [1.29, 1.82) is 0 Å². The lowest BCUT2D eigenvalue weighted by Gasteiger charge is -2.12. The summed E-state index contributed by atoms with van der Waals surface area (Å²) in [5.74, 6) is 0.664. The largest absolute Gasteiger partial charge is 0.308 e. The van der Waals surface area contributed by atoms with E-state index >= 15 is 0 Å². The van der Waals surface area contributed by atoms with Crippen molar-refractivity contribution in [3.05, 3.63) is 182 Å². The van der Waals surface area contributed by atoms with Gasteiger partial charge < -0.3 is 4.57 Å². The number of nitrogens with zero attached hydrogens (tertiary/aromatic N) is 4. The third-order valence-electron chi connectivity index (χ3n) is 11.1. The first-order chi connectivity index (χ1) is 27.3. The molecule has 4 aromatic heterocycles. The van der Waals surface area contributed by atoms with Crippen LogP contribution in [0, 0.1) is 0 Å². The van der Waals surface area contributed by atoms with Crippen LogP contribution in [-0.4, -0.2) is 19.1 Å². The average Bonchev–Trinajstić information content (AvgIpc) is 3.90. The molecule has 4 nitrogen and oxygen atoms in total. The zero-order chi connectivity index (χ0) is 36.0. The van der Waals surface area contributed by atoms with Crippen LogP contribution in [0.4, 0.5) is 0 Å². The molecule has 0 bridgehead atoms. The van der Waals surface area contributed by atoms with Crippen molar-refractivity contribution in [2.75, 3.05) is 0 Å². The number of aromatic nitrogens is 4. The zero-order valence-electron chi connectivity index (χ0n) is 29.5. The third kappa shape index (κ3) is 4.51. The monoisotopic (exact) mass is 718 g/mol. The first kappa shape index (κ1) is 30.4. The van der Waals surface area contributed by atoms with Gasteiger partial charge in [-0.05, 0) is 64.4 Å². The maximum Gasteiger partial charge on any atom is 0.235 e. The van der Waals surface area contributed by atoms with Gasteiger partial charge in [0.05, 0.1) is 42.7 Å². The summed E-state index contributed by atoms with van der Waals surface area (Å²) in [6.07, 6.45) is 0. The highest BCUT2D eigenvalue weighted by atomic mass is 32.1. The molecule has 0 fully saturated rings. The highest BCUT2D eigenvalue weighted by Crippen LogP contribution is 2.47. The summed E-state index contributed by atoms with van der Waals surface area (Å²) in [5, 5.41) is 8.34. The molecule has 0 N–H and O–H groups in total. The fourth-order valence-corrected chi connectivity index (χ4v) is 9.96. The van der Waals surface area contributed by atoms with Gasteiger partial charge in [-0.25, -0.2) is 9.97 Å². The second-order valence-corrected chi connectivity index (χ2v) is 15.2. The summed E-state index contributed by atoms with van der Waals surface area (Å²) in [5.41, 5.74) is 11.1. The quantitative estimate of drug-likeness (QED) is 0.182. The van der Waals surface area contributed by atoms with Gasteiger partial charge in [0.25, 0.3) is 0 Å². The van der Waals surface area contributed by atoms with E-state index in [1.807, 2.05) is 11.3 Å². The number of para-hydroxylation sites is 3. The predicted molar refractivity (Wildman–Crippen MR) is 232 cm³/mol. The van der Waals surface area contributed by atoms with Crippen molar-refractivity contribution >= 4 is 86.0 Å². The lowest BCUT2D eigenvalue weighted by atomic mass is 9.99. The molecule has 0 aliphatic carbocycles. The Kier molecular flexibility index (Phi) is 6.47. The van der Waals surface area contributed by atoms with Gasteiger partial charge in [-0.3, -0.25) is 4.57 Å². The van der Waals surface area contributed by atoms with Crippen LogP contribution in [0.1, 0.15) is 0 Å². The Morgan fingerprint density at radius 2 is 1.02 bits per heavy atom. The van der Waals surface area contributed by atoms with E-state index in [1.54, 1.807) is 0 Å². The van der Waals surface area contributed by atoms with Gasteiger partial charge in [-0.15, -0.1) is 11.3 Å². The van der Waals surface area contributed by atoms with E-state index < -0.39 is 0 Å². The molecule has 8 aromatic carbocycles. The maximum atomic E-state index is 5.44. The van der Waals surface area contributed by atoms with Crippen LogP contribution in [0.5, 0.6) is 0 Å². The molecule has 12 aromatic rings. The Morgan fingerprint density at radius 1 is 0.382 bits per heavy atom. The lowest BCUT2D eigenvalue weighted by molar-refractivity contribution is 1.02. The summed E-state index contributed by atoms with van der Waals surface area (Å²) in [6.45, 7) is 0.